The van der Waals surface area contributed by atoms with E-state index < -0.39 is 41.2 Å². The third-order valence-electron chi connectivity index (χ3n) is 4.66. The van der Waals surface area contributed by atoms with Gasteiger partial charge in [0.2, 0.25) is 0 Å². The van der Waals surface area contributed by atoms with Crippen molar-refractivity contribution in [2.45, 2.75) is 24.9 Å². The van der Waals surface area contributed by atoms with E-state index in [2.05, 4.69) is 15.6 Å². The van der Waals surface area contributed by atoms with Crippen LogP contribution in [0.2, 0.25) is 5.02 Å². The van der Waals surface area contributed by atoms with Crippen molar-refractivity contribution >= 4 is 17.6 Å². The van der Waals surface area contributed by atoms with Gasteiger partial charge in [-0.05, 0) is 41.5 Å². The minimum Gasteiger partial charge on any atom is -0.334 e. The van der Waals surface area contributed by atoms with Gasteiger partial charge >= 0.3 is 18.4 Å². The summed E-state index contributed by atoms with van der Waals surface area (Å²) in [5.74, 6) is 0. The highest BCUT2D eigenvalue weighted by Crippen LogP contribution is 2.36. The zero-order valence-corrected chi connectivity index (χ0v) is 17.4. The fraction of sp³-hybridized carbons (Fsp3) is 0.182. The van der Waals surface area contributed by atoms with Crippen molar-refractivity contribution in [3.8, 4) is 0 Å². The average molecular weight is 488 g/mol. The Kier molecular flexibility index (Phi) is 7.16. The lowest BCUT2D eigenvalue weighted by molar-refractivity contribution is -0.139. The van der Waals surface area contributed by atoms with E-state index in [0.29, 0.717) is 10.6 Å². The molecule has 0 unspecified atom stereocenters. The molecule has 1 heterocycles. The summed E-state index contributed by atoms with van der Waals surface area (Å²) in [5.41, 5.74) is -2.11. The molecule has 2 aromatic carbocycles. The highest BCUT2D eigenvalue weighted by Gasteiger charge is 2.37. The van der Waals surface area contributed by atoms with E-state index >= 15 is 0 Å². The lowest BCUT2D eigenvalue weighted by Gasteiger charge is -2.23. The minimum atomic E-state index is -4.80. The van der Waals surface area contributed by atoms with Crippen molar-refractivity contribution in [3.63, 3.8) is 0 Å². The highest BCUT2D eigenvalue weighted by atomic mass is 35.5. The van der Waals surface area contributed by atoms with Gasteiger partial charge in [0.1, 0.15) is 0 Å². The summed E-state index contributed by atoms with van der Waals surface area (Å²) in [5, 5.41) is 5.23. The molecule has 0 radical (unpaired) electrons. The third-order valence-corrected chi connectivity index (χ3v) is 5.03. The number of amides is 2. The molecule has 0 saturated carbocycles. The summed E-state index contributed by atoms with van der Waals surface area (Å²) in [6.07, 6.45) is -8.33. The summed E-state index contributed by atoms with van der Waals surface area (Å²) < 4.78 is 79.4. The second-order valence-electron chi connectivity index (χ2n) is 6.91. The second kappa shape index (κ2) is 9.70. The largest absolute Gasteiger partial charge is 0.418 e. The summed E-state index contributed by atoms with van der Waals surface area (Å²) in [6.45, 7) is -0.0282. The molecule has 0 bridgehead atoms. The number of rotatable bonds is 5. The van der Waals surface area contributed by atoms with Gasteiger partial charge in [-0.25, -0.2) is 4.79 Å². The molecule has 1 aromatic heterocycles. The molecule has 0 fully saturated rings. The summed E-state index contributed by atoms with van der Waals surface area (Å²) in [7, 11) is 0. The maximum absolute atomic E-state index is 13.6. The molecule has 0 spiro atoms. The van der Waals surface area contributed by atoms with Crippen molar-refractivity contribution in [3.05, 3.63) is 99.8 Å². The number of urea groups is 1. The Hall–Kier alpha value is -3.27. The number of nitrogens with zero attached hydrogens (tertiary/aromatic N) is 1. The molecule has 33 heavy (non-hydrogen) atoms. The molecule has 2 amide bonds. The first-order valence-electron chi connectivity index (χ1n) is 9.44. The Balaban J connectivity index is 1.93. The molecule has 4 nitrogen and oxygen atoms in total. The predicted octanol–water partition coefficient (Wildman–Crippen LogP) is 6.36. The average Bonchev–Trinajstić information content (AvgIpc) is 2.76. The van der Waals surface area contributed by atoms with Crippen molar-refractivity contribution < 1.29 is 31.1 Å². The number of carbonyl (C=O) groups excluding carboxylic acids is 1. The van der Waals surface area contributed by atoms with Crippen LogP contribution in [-0.2, 0) is 18.9 Å². The van der Waals surface area contributed by atoms with Crippen molar-refractivity contribution in [1.29, 1.82) is 0 Å². The SMILES string of the molecule is O=C(NCc1ccccc1Cl)N[C@@H](c1ccc(C(F)(F)F)cc1)c1ncccc1C(F)(F)F. The highest BCUT2D eigenvalue weighted by molar-refractivity contribution is 6.31. The molecule has 174 valence electrons. The molecule has 3 aromatic rings. The Morgan fingerprint density at radius 1 is 0.909 bits per heavy atom. The van der Waals surface area contributed by atoms with E-state index in [1.807, 2.05) is 0 Å². The predicted molar refractivity (Wildman–Crippen MR) is 109 cm³/mol. The summed E-state index contributed by atoms with van der Waals surface area (Å²) in [6, 6.07) is 9.59. The number of benzene rings is 2. The summed E-state index contributed by atoms with van der Waals surface area (Å²) in [4.78, 5) is 16.3. The van der Waals surface area contributed by atoms with Crippen LogP contribution in [0.15, 0.2) is 66.9 Å². The standard InChI is InChI=1S/C22H16ClF6N3O/c23-17-6-2-1-4-14(17)12-31-20(33)32-18(13-7-9-15(10-8-13)21(24,25)26)19-16(22(27,28)29)5-3-11-30-19/h1-11,18H,12H2,(H2,31,32,33)/t18-/m0/s1. The van der Waals surface area contributed by atoms with Gasteiger partial charge in [-0.2, -0.15) is 26.3 Å². The van der Waals surface area contributed by atoms with Crippen LogP contribution in [0.4, 0.5) is 31.1 Å². The zero-order valence-electron chi connectivity index (χ0n) is 16.6. The molecule has 0 saturated heterocycles. The Labute approximate surface area is 189 Å². The maximum atomic E-state index is 13.6. The van der Waals surface area contributed by atoms with E-state index in [4.69, 9.17) is 11.6 Å². The van der Waals surface area contributed by atoms with Gasteiger partial charge in [0.05, 0.1) is 22.9 Å². The lowest BCUT2D eigenvalue weighted by atomic mass is 9.98. The number of hydrogen-bond donors (Lipinski definition) is 2. The first-order chi connectivity index (χ1) is 15.5. The first kappa shape index (κ1) is 24.4. The molecule has 0 aliphatic carbocycles. The number of aromatic nitrogens is 1. The molecular formula is C22H16ClF6N3O. The smallest absolute Gasteiger partial charge is 0.334 e. The van der Waals surface area contributed by atoms with Crippen LogP contribution in [0.25, 0.3) is 0 Å². The van der Waals surface area contributed by atoms with Gasteiger partial charge in [0, 0.05) is 17.8 Å². The van der Waals surface area contributed by atoms with Crippen LogP contribution in [-0.4, -0.2) is 11.0 Å². The van der Waals surface area contributed by atoms with Crippen LogP contribution >= 0.6 is 11.6 Å². The van der Waals surface area contributed by atoms with E-state index in [1.54, 1.807) is 24.3 Å². The quantitative estimate of drug-likeness (QED) is 0.411. The minimum absolute atomic E-state index is 0.0138. The fourth-order valence-corrected chi connectivity index (χ4v) is 3.26. The van der Waals surface area contributed by atoms with Gasteiger partial charge in [0.25, 0.3) is 0 Å². The molecule has 0 aliphatic heterocycles. The molecule has 11 heteroatoms. The molecular weight excluding hydrogens is 472 g/mol. The van der Waals surface area contributed by atoms with Crippen molar-refractivity contribution in [1.82, 2.24) is 15.6 Å². The molecule has 3 rings (SSSR count). The third kappa shape index (κ3) is 6.16. The van der Waals surface area contributed by atoms with Gasteiger partial charge in [-0.1, -0.05) is 41.9 Å². The van der Waals surface area contributed by atoms with Gasteiger partial charge in [-0.3, -0.25) is 4.98 Å². The number of hydrogen-bond acceptors (Lipinski definition) is 2. The van der Waals surface area contributed by atoms with Crippen LogP contribution < -0.4 is 10.6 Å². The van der Waals surface area contributed by atoms with Crippen LogP contribution in [0.1, 0.15) is 34.0 Å². The van der Waals surface area contributed by atoms with E-state index in [0.717, 1.165) is 42.6 Å². The van der Waals surface area contributed by atoms with E-state index in [1.165, 1.54) is 0 Å². The molecule has 1 atom stereocenters. The number of nitrogens with one attached hydrogen (secondary N) is 2. The fourth-order valence-electron chi connectivity index (χ4n) is 3.06. The Morgan fingerprint density at radius 2 is 1.58 bits per heavy atom. The Morgan fingerprint density at radius 3 is 2.18 bits per heavy atom. The van der Waals surface area contributed by atoms with Crippen LogP contribution in [0, 0.1) is 0 Å². The monoisotopic (exact) mass is 487 g/mol. The first-order valence-corrected chi connectivity index (χ1v) is 9.81. The van der Waals surface area contributed by atoms with E-state index in [9.17, 15) is 31.1 Å². The second-order valence-corrected chi connectivity index (χ2v) is 7.31. The van der Waals surface area contributed by atoms with Crippen molar-refractivity contribution in [2.75, 3.05) is 0 Å². The van der Waals surface area contributed by atoms with Gasteiger partial charge < -0.3 is 10.6 Å². The van der Waals surface area contributed by atoms with Gasteiger partial charge in [-0.15, -0.1) is 0 Å². The number of carbonyl (C=O) groups is 1. The number of halogens is 7. The topological polar surface area (TPSA) is 54.0 Å². The van der Waals surface area contributed by atoms with Crippen LogP contribution in [0.3, 0.4) is 0 Å². The zero-order chi connectivity index (χ0) is 24.2. The lowest BCUT2D eigenvalue weighted by Crippen LogP contribution is -2.39. The number of alkyl halides is 6. The van der Waals surface area contributed by atoms with Gasteiger partial charge in [0.15, 0.2) is 0 Å². The Bertz CT molecular complexity index is 1120. The van der Waals surface area contributed by atoms with Crippen molar-refractivity contribution in [2.24, 2.45) is 0 Å². The normalized spacial score (nSPS) is 12.8. The van der Waals surface area contributed by atoms with Crippen LogP contribution in [0.5, 0.6) is 0 Å². The molecule has 0 aliphatic rings. The molecule has 2 N–H and O–H groups in total. The summed E-state index contributed by atoms with van der Waals surface area (Å²) >= 11 is 6.03. The van der Waals surface area contributed by atoms with E-state index in [-0.39, 0.29) is 12.1 Å². The maximum Gasteiger partial charge on any atom is 0.418 e. The number of pyridine rings is 1.